The van der Waals surface area contributed by atoms with Crippen LogP contribution in [0.5, 0.6) is 0 Å². The summed E-state index contributed by atoms with van der Waals surface area (Å²) >= 11 is 1.81. The molecule has 0 radical (unpaired) electrons. The number of nitrogens with one attached hydrogen (secondary N) is 1. The van der Waals surface area contributed by atoms with Gasteiger partial charge in [0.15, 0.2) is 5.96 Å². The second-order valence-corrected chi connectivity index (χ2v) is 6.25. The quantitative estimate of drug-likeness (QED) is 0.435. The summed E-state index contributed by atoms with van der Waals surface area (Å²) in [6.45, 7) is 7.36. The average molecular weight is 438 g/mol. The molecule has 0 amide bonds. The van der Waals surface area contributed by atoms with Crippen molar-refractivity contribution in [2.24, 2.45) is 4.99 Å². The van der Waals surface area contributed by atoms with Crippen LogP contribution in [-0.4, -0.2) is 69.2 Å². The Morgan fingerprint density at radius 1 is 1.45 bits per heavy atom. The molecule has 1 unspecified atom stereocenters. The van der Waals surface area contributed by atoms with Crippen molar-refractivity contribution in [3.05, 3.63) is 22.4 Å². The molecule has 2 rings (SSSR count). The summed E-state index contributed by atoms with van der Waals surface area (Å²) in [7, 11) is 4.05. The molecule has 2 heterocycles. The van der Waals surface area contributed by atoms with Crippen molar-refractivity contribution in [3.63, 3.8) is 0 Å². The first-order chi connectivity index (χ1) is 10.2. The fraction of sp³-hybridized carbons (Fsp3) is 0.667. The summed E-state index contributed by atoms with van der Waals surface area (Å²) < 4.78 is 5.47. The van der Waals surface area contributed by atoms with Crippen molar-refractivity contribution in [2.45, 2.75) is 13.0 Å². The number of halogens is 1. The van der Waals surface area contributed by atoms with E-state index in [9.17, 15) is 0 Å². The van der Waals surface area contributed by atoms with Gasteiger partial charge in [0.2, 0.25) is 0 Å². The molecule has 126 valence electrons. The van der Waals surface area contributed by atoms with E-state index in [0.29, 0.717) is 6.04 Å². The van der Waals surface area contributed by atoms with Gasteiger partial charge in [-0.1, -0.05) is 6.07 Å². The van der Waals surface area contributed by atoms with E-state index in [0.717, 1.165) is 45.4 Å². The zero-order valence-corrected chi connectivity index (χ0v) is 16.8. The highest BCUT2D eigenvalue weighted by molar-refractivity contribution is 14.0. The highest BCUT2D eigenvalue weighted by Crippen LogP contribution is 2.26. The molecule has 1 aliphatic heterocycles. The Morgan fingerprint density at radius 3 is 2.73 bits per heavy atom. The van der Waals surface area contributed by atoms with Gasteiger partial charge in [-0.25, -0.2) is 0 Å². The Bertz CT molecular complexity index is 433. The van der Waals surface area contributed by atoms with Gasteiger partial charge >= 0.3 is 0 Å². The molecule has 0 bridgehead atoms. The fourth-order valence-electron chi connectivity index (χ4n) is 2.44. The van der Waals surface area contributed by atoms with Crippen molar-refractivity contribution >= 4 is 41.3 Å². The zero-order chi connectivity index (χ0) is 15.1. The van der Waals surface area contributed by atoms with Crippen LogP contribution in [0.15, 0.2) is 22.5 Å². The highest BCUT2D eigenvalue weighted by Gasteiger charge is 2.23. The van der Waals surface area contributed by atoms with Crippen molar-refractivity contribution in [1.29, 1.82) is 0 Å². The number of ether oxygens (including phenoxy) is 1. The predicted molar refractivity (Wildman–Crippen MR) is 105 cm³/mol. The number of hydrogen-bond acceptors (Lipinski definition) is 4. The molecule has 1 atom stereocenters. The van der Waals surface area contributed by atoms with Crippen molar-refractivity contribution in [3.8, 4) is 0 Å². The predicted octanol–water partition coefficient (Wildman–Crippen LogP) is 2.27. The fourth-order valence-corrected chi connectivity index (χ4v) is 3.29. The number of guanidine groups is 1. The summed E-state index contributed by atoms with van der Waals surface area (Å²) in [6.07, 6.45) is 0. The van der Waals surface area contributed by atoms with Crippen LogP contribution in [0.4, 0.5) is 0 Å². The van der Waals surface area contributed by atoms with Gasteiger partial charge in [0, 0.05) is 38.6 Å². The van der Waals surface area contributed by atoms with Crippen LogP contribution in [0, 0.1) is 0 Å². The minimum atomic E-state index is 0. The third kappa shape index (κ3) is 5.68. The molecule has 1 aliphatic rings. The lowest BCUT2D eigenvalue weighted by Gasteiger charge is -2.33. The molecule has 0 aliphatic carbocycles. The van der Waals surface area contributed by atoms with Gasteiger partial charge < -0.3 is 15.0 Å². The Hall–Kier alpha value is -0.380. The lowest BCUT2D eigenvalue weighted by atomic mass is 10.2. The topological polar surface area (TPSA) is 40.1 Å². The second-order valence-electron chi connectivity index (χ2n) is 5.27. The van der Waals surface area contributed by atoms with Gasteiger partial charge in [-0.05, 0) is 18.4 Å². The van der Waals surface area contributed by atoms with Crippen LogP contribution in [0.25, 0.3) is 0 Å². The summed E-state index contributed by atoms with van der Waals surface area (Å²) in [6, 6.07) is 4.68. The number of thiophene rings is 1. The molecule has 1 fully saturated rings. The molecule has 0 aromatic carbocycles. The maximum Gasteiger partial charge on any atom is 0.193 e. The minimum Gasteiger partial charge on any atom is -0.379 e. The smallest absolute Gasteiger partial charge is 0.193 e. The maximum absolute atomic E-state index is 5.47. The average Bonchev–Trinajstić information content (AvgIpc) is 3.01. The normalized spacial score (nSPS) is 17.7. The van der Waals surface area contributed by atoms with Gasteiger partial charge in [0.1, 0.15) is 0 Å². The zero-order valence-electron chi connectivity index (χ0n) is 13.6. The lowest BCUT2D eigenvalue weighted by Crippen LogP contribution is -2.41. The number of hydrogen-bond donors (Lipinski definition) is 1. The number of morpholine rings is 1. The van der Waals surface area contributed by atoms with Gasteiger partial charge in [-0.15, -0.1) is 35.3 Å². The molecular formula is C15H27IN4OS. The van der Waals surface area contributed by atoms with E-state index < -0.39 is 0 Å². The molecular weight excluding hydrogens is 411 g/mol. The number of nitrogens with zero attached hydrogens (tertiary/aromatic N) is 3. The molecule has 1 N–H and O–H groups in total. The second kappa shape index (κ2) is 10.4. The Labute approximate surface area is 154 Å². The van der Waals surface area contributed by atoms with Gasteiger partial charge in [-0.2, -0.15) is 0 Å². The molecule has 7 heteroatoms. The molecule has 0 spiro atoms. The minimum absolute atomic E-state index is 0. The van der Waals surface area contributed by atoms with Crippen LogP contribution >= 0.6 is 35.3 Å². The van der Waals surface area contributed by atoms with E-state index in [4.69, 9.17) is 9.73 Å². The maximum atomic E-state index is 5.47. The van der Waals surface area contributed by atoms with Crippen LogP contribution < -0.4 is 5.32 Å². The molecule has 0 saturated carbocycles. The van der Waals surface area contributed by atoms with Gasteiger partial charge in [0.05, 0.1) is 25.8 Å². The van der Waals surface area contributed by atoms with Crippen LogP contribution in [0.3, 0.4) is 0 Å². The Morgan fingerprint density at radius 2 is 2.18 bits per heavy atom. The largest absolute Gasteiger partial charge is 0.379 e. The molecule has 5 nitrogen and oxygen atoms in total. The van der Waals surface area contributed by atoms with E-state index in [1.807, 2.05) is 30.3 Å². The molecule has 1 aromatic heterocycles. The van der Waals surface area contributed by atoms with Gasteiger partial charge in [-0.3, -0.25) is 9.89 Å². The summed E-state index contributed by atoms with van der Waals surface area (Å²) in [5, 5.41) is 5.46. The van der Waals surface area contributed by atoms with E-state index in [1.54, 1.807) is 0 Å². The first kappa shape index (κ1) is 19.7. The summed E-state index contributed by atoms with van der Waals surface area (Å²) in [4.78, 5) is 10.7. The number of aliphatic imine (C=N–C) groups is 1. The third-order valence-corrected chi connectivity index (χ3v) is 4.50. The third-order valence-electron chi connectivity index (χ3n) is 3.53. The highest BCUT2D eigenvalue weighted by atomic mass is 127. The summed E-state index contributed by atoms with van der Waals surface area (Å²) in [5.41, 5.74) is 0. The first-order valence-corrected chi connectivity index (χ1v) is 8.41. The lowest BCUT2D eigenvalue weighted by molar-refractivity contribution is 0.0186. The Balaban J connectivity index is 0.00000242. The van der Waals surface area contributed by atoms with E-state index in [-0.39, 0.29) is 24.0 Å². The SMILES string of the molecule is CCNC(=NCC(c1cccs1)N1CCOCC1)N(C)C.I. The Kier molecular flexibility index (Phi) is 9.30. The monoisotopic (exact) mass is 438 g/mol. The first-order valence-electron chi connectivity index (χ1n) is 7.53. The molecule has 1 saturated heterocycles. The standard InChI is InChI=1S/C15H26N4OS.HI/c1-4-16-15(18(2)3)17-12-13(14-6-5-11-21-14)19-7-9-20-10-8-19;/h5-6,11,13H,4,7-10,12H2,1-3H3,(H,16,17);1H. The molecule has 22 heavy (non-hydrogen) atoms. The van der Waals surface area contributed by atoms with Crippen LogP contribution in [0.1, 0.15) is 17.8 Å². The van der Waals surface area contributed by atoms with Crippen molar-refractivity contribution < 1.29 is 4.74 Å². The van der Waals surface area contributed by atoms with Crippen molar-refractivity contribution in [2.75, 3.05) is 53.5 Å². The number of rotatable bonds is 5. The van der Waals surface area contributed by atoms with Crippen LogP contribution in [-0.2, 0) is 4.74 Å². The van der Waals surface area contributed by atoms with E-state index in [2.05, 4.69) is 34.7 Å². The molecule has 1 aromatic rings. The van der Waals surface area contributed by atoms with Gasteiger partial charge in [0.25, 0.3) is 0 Å². The summed E-state index contributed by atoms with van der Waals surface area (Å²) in [5.74, 6) is 0.951. The van der Waals surface area contributed by atoms with Crippen LogP contribution in [0.2, 0.25) is 0 Å². The van der Waals surface area contributed by atoms with E-state index >= 15 is 0 Å². The van der Waals surface area contributed by atoms with E-state index in [1.165, 1.54) is 4.88 Å². The van der Waals surface area contributed by atoms with Crippen molar-refractivity contribution in [1.82, 2.24) is 15.1 Å².